The minimum atomic E-state index is -0.206. The Bertz CT molecular complexity index is 1260. The summed E-state index contributed by atoms with van der Waals surface area (Å²) in [6.07, 6.45) is 3.88. The van der Waals surface area contributed by atoms with E-state index in [9.17, 15) is 14.0 Å². The zero-order valence-electron chi connectivity index (χ0n) is 22.0. The van der Waals surface area contributed by atoms with Crippen LogP contribution in [-0.4, -0.2) is 109 Å². The van der Waals surface area contributed by atoms with Crippen molar-refractivity contribution >= 4 is 22.7 Å². The summed E-state index contributed by atoms with van der Waals surface area (Å²) >= 11 is 0. The number of carbonyl (C=O) groups is 2. The molecule has 2 amide bonds. The van der Waals surface area contributed by atoms with Gasteiger partial charge in [-0.1, -0.05) is 6.07 Å². The second-order valence-electron chi connectivity index (χ2n) is 10.1. The molecule has 0 atom stereocenters. The van der Waals surface area contributed by atoms with Crippen molar-refractivity contribution in [1.29, 1.82) is 0 Å². The van der Waals surface area contributed by atoms with Crippen molar-refractivity contribution in [2.75, 3.05) is 72.6 Å². The van der Waals surface area contributed by atoms with Crippen molar-refractivity contribution in [1.82, 2.24) is 24.6 Å². The molecule has 3 heterocycles. The van der Waals surface area contributed by atoms with Crippen LogP contribution in [0.2, 0.25) is 0 Å². The number of benzene rings is 2. The first-order valence-electron chi connectivity index (χ1n) is 13.4. The Labute approximate surface area is 222 Å². The monoisotopic (exact) mass is 521 g/mol. The van der Waals surface area contributed by atoms with Crippen LogP contribution < -0.4 is 4.74 Å². The normalized spacial score (nSPS) is 17.2. The number of ether oxygens (including phenoxy) is 1. The first kappa shape index (κ1) is 26.2. The minimum Gasteiger partial charge on any atom is -0.497 e. The Morgan fingerprint density at radius 1 is 0.921 bits per heavy atom. The van der Waals surface area contributed by atoms with Gasteiger partial charge in [0.1, 0.15) is 11.6 Å². The smallest absolute Gasteiger partial charge is 0.254 e. The van der Waals surface area contributed by atoms with Crippen LogP contribution >= 0.6 is 0 Å². The number of amides is 2. The summed E-state index contributed by atoms with van der Waals surface area (Å²) in [5.41, 5.74) is 2.75. The van der Waals surface area contributed by atoms with E-state index in [1.165, 1.54) is 6.07 Å². The maximum Gasteiger partial charge on any atom is 0.254 e. The van der Waals surface area contributed by atoms with Gasteiger partial charge in [0.25, 0.3) is 5.91 Å². The molecule has 1 aromatic heterocycles. The Kier molecular flexibility index (Phi) is 8.24. The summed E-state index contributed by atoms with van der Waals surface area (Å²) in [5, 5.41) is 0.964. The van der Waals surface area contributed by atoms with Gasteiger partial charge in [0.15, 0.2) is 0 Å². The number of hydrogen-bond acceptors (Lipinski definition) is 5. The summed E-state index contributed by atoms with van der Waals surface area (Å²) in [5.74, 6) is 0.634. The molecule has 8 nitrogen and oxygen atoms in total. The molecule has 0 unspecified atom stereocenters. The molecule has 0 radical (unpaired) electrons. The van der Waals surface area contributed by atoms with Crippen LogP contribution in [0.1, 0.15) is 22.3 Å². The molecule has 5 rings (SSSR count). The number of aromatic nitrogens is 1. The number of carbonyl (C=O) groups excluding carboxylic acids is 2. The summed E-state index contributed by atoms with van der Waals surface area (Å²) < 4.78 is 18.8. The molecule has 2 aromatic carbocycles. The number of H-pyrrole nitrogens is 1. The lowest BCUT2D eigenvalue weighted by atomic mass is 10.1. The average molecular weight is 522 g/mol. The lowest BCUT2D eigenvalue weighted by molar-refractivity contribution is -0.134. The van der Waals surface area contributed by atoms with Crippen LogP contribution in [0, 0.1) is 5.82 Å². The van der Waals surface area contributed by atoms with Gasteiger partial charge < -0.3 is 19.5 Å². The van der Waals surface area contributed by atoms with E-state index >= 15 is 0 Å². The summed E-state index contributed by atoms with van der Waals surface area (Å²) in [7, 11) is 1.59. The molecule has 202 valence electrons. The highest BCUT2D eigenvalue weighted by Crippen LogP contribution is 2.21. The van der Waals surface area contributed by atoms with Crippen molar-refractivity contribution in [3.8, 4) is 5.75 Å². The molecule has 0 spiro atoms. The standard InChI is InChI=1S/C29H36FN5O3/c1-38-25-6-2-4-22(18-25)29(37)35-16-12-33(13-17-35)21-28(36)34-14-10-32(11-15-34)9-3-5-23-20-31-27-8-7-24(30)19-26(23)27/h2,4,6-8,18-20,31H,3,5,9-17,21H2,1H3. The number of methoxy groups -OCH3 is 1. The number of aryl methyl sites for hydroxylation is 1. The van der Waals surface area contributed by atoms with Gasteiger partial charge >= 0.3 is 0 Å². The van der Waals surface area contributed by atoms with Crippen molar-refractivity contribution in [3.63, 3.8) is 0 Å². The number of halogens is 1. The minimum absolute atomic E-state index is 0.00264. The second kappa shape index (κ2) is 12.0. The molecule has 2 aliphatic heterocycles. The van der Waals surface area contributed by atoms with Gasteiger partial charge in [0, 0.05) is 75.0 Å². The molecular weight excluding hydrogens is 485 g/mol. The molecular formula is C29H36FN5O3. The Hall–Kier alpha value is -3.43. The van der Waals surface area contributed by atoms with Crippen LogP contribution in [0.25, 0.3) is 10.9 Å². The Balaban J connectivity index is 1.01. The summed E-state index contributed by atoms with van der Waals surface area (Å²) in [6, 6.07) is 12.1. The van der Waals surface area contributed by atoms with E-state index < -0.39 is 0 Å². The number of piperazine rings is 2. The fourth-order valence-electron chi connectivity index (χ4n) is 5.41. The van der Waals surface area contributed by atoms with Crippen molar-refractivity contribution in [2.24, 2.45) is 0 Å². The Morgan fingerprint density at radius 3 is 2.42 bits per heavy atom. The quantitative estimate of drug-likeness (QED) is 0.494. The summed E-state index contributed by atoms with van der Waals surface area (Å²) in [4.78, 5) is 37.4. The van der Waals surface area contributed by atoms with E-state index in [0.29, 0.717) is 44.0 Å². The number of rotatable bonds is 8. The highest BCUT2D eigenvalue weighted by Gasteiger charge is 2.26. The predicted octanol–water partition coefficient (Wildman–Crippen LogP) is 2.85. The number of nitrogens with one attached hydrogen (secondary N) is 1. The molecule has 2 fully saturated rings. The van der Waals surface area contributed by atoms with Gasteiger partial charge in [-0.15, -0.1) is 0 Å². The first-order chi connectivity index (χ1) is 18.5. The summed E-state index contributed by atoms with van der Waals surface area (Å²) in [6.45, 7) is 7.20. The third-order valence-corrected chi connectivity index (χ3v) is 7.71. The average Bonchev–Trinajstić information content (AvgIpc) is 3.35. The lowest BCUT2D eigenvalue weighted by Crippen LogP contribution is -2.54. The fraction of sp³-hybridized carbons (Fsp3) is 0.448. The lowest BCUT2D eigenvalue weighted by Gasteiger charge is -2.38. The molecule has 38 heavy (non-hydrogen) atoms. The number of aromatic amines is 1. The maximum atomic E-state index is 13.6. The predicted molar refractivity (Wildman–Crippen MR) is 145 cm³/mol. The maximum absolute atomic E-state index is 13.6. The number of hydrogen-bond donors (Lipinski definition) is 1. The van der Waals surface area contributed by atoms with Gasteiger partial charge in [-0.2, -0.15) is 0 Å². The fourth-order valence-corrected chi connectivity index (χ4v) is 5.41. The molecule has 0 aliphatic carbocycles. The third-order valence-electron chi connectivity index (χ3n) is 7.71. The molecule has 2 aliphatic rings. The Morgan fingerprint density at radius 2 is 1.66 bits per heavy atom. The van der Waals surface area contributed by atoms with E-state index in [1.54, 1.807) is 25.3 Å². The van der Waals surface area contributed by atoms with Crippen LogP contribution in [0.15, 0.2) is 48.7 Å². The molecule has 3 aromatic rings. The van der Waals surface area contributed by atoms with Crippen LogP contribution in [-0.2, 0) is 11.2 Å². The van der Waals surface area contributed by atoms with Crippen molar-refractivity contribution in [2.45, 2.75) is 12.8 Å². The van der Waals surface area contributed by atoms with Crippen molar-refractivity contribution in [3.05, 3.63) is 65.6 Å². The van der Waals surface area contributed by atoms with Crippen LogP contribution in [0.4, 0.5) is 4.39 Å². The van der Waals surface area contributed by atoms with Crippen LogP contribution in [0.3, 0.4) is 0 Å². The highest BCUT2D eigenvalue weighted by atomic mass is 19.1. The molecule has 0 saturated carbocycles. The third kappa shape index (κ3) is 6.16. The largest absolute Gasteiger partial charge is 0.497 e. The van der Waals surface area contributed by atoms with E-state index in [0.717, 1.165) is 62.0 Å². The SMILES string of the molecule is COc1cccc(C(=O)N2CCN(CC(=O)N3CCN(CCCc4c[nH]c5ccc(F)cc45)CC3)CC2)c1. The van der Waals surface area contributed by atoms with Gasteiger partial charge in [-0.05, 0) is 61.3 Å². The van der Waals surface area contributed by atoms with Crippen LogP contribution in [0.5, 0.6) is 5.75 Å². The second-order valence-corrected chi connectivity index (χ2v) is 10.1. The zero-order valence-corrected chi connectivity index (χ0v) is 22.0. The first-order valence-corrected chi connectivity index (χ1v) is 13.4. The topological polar surface area (TPSA) is 72.1 Å². The van der Waals surface area contributed by atoms with Gasteiger partial charge in [0.2, 0.25) is 5.91 Å². The van der Waals surface area contributed by atoms with E-state index in [-0.39, 0.29) is 17.6 Å². The molecule has 0 bridgehead atoms. The molecule has 2 saturated heterocycles. The van der Waals surface area contributed by atoms with Gasteiger partial charge in [0.05, 0.1) is 13.7 Å². The van der Waals surface area contributed by atoms with E-state index in [1.807, 2.05) is 34.2 Å². The van der Waals surface area contributed by atoms with Crippen molar-refractivity contribution < 1.29 is 18.7 Å². The number of nitrogens with zero attached hydrogens (tertiary/aromatic N) is 4. The molecule has 1 N–H and O–H groups in total. The van der Waals surface area contributed by atoms with E-state index in [2.05, 4.69) is 14.8 Å². The van der Waals surface area contributed by atoms with E-state index in [4.69, 9.17) is 4.74 Å². The van der Waals surface area contributed by atoms with Gasteiger partial charge in [-0.3, -0.25) is 19.4 Å². The molecule has 9 heteroatoms. The number of fused-ring (bicyclic) bond motifs is 1. The van der Waals surface area contributed by atoms with Gasteiger partial charge in [-0.25, -0.2) is 4.39 Å². The zero-order chi connectivity index (χ0) is 26.5. The highest BCUT2D eigenvalue weighted by molar-refractivity contribution is 5.94.